The number of ether oxygens (including phenoxy) is 3. The van der Waals surface area contributed by atoms with Gasteiger partial charge in [-0.05, 0) is 24.7 Å². The molecule has 1 aliphatic rings. The summed E-state index contributed by atoms with van der Waals surface area (Å²) in [5, 5.41) is 2.78. The molecule has 9 heteroatoms. The molecule has 0 saturated heterocycles. The highest BCUT2D eigenvalue weighted by Crippen LogP contribution is 2.56. The Morgan fingerprint density at radius 3 is 2.49 bits per heavy atom. The number of hydrogen-bond donors (Lipinski definition) is 2. The Morgan fingerprint density at radius 2 is 1.89 bits per heavy atom. The Balaban J connectivity index is 2.11. The third kappa shape index (κ3) is 4.01. The fraction of sp³-hybridized carbons (Fsp3) is 0.269. The SMILES string of the molecule is CNCC1(c2ccccc2)Oc2cc(F)c(Cl)c(-c3c(C(N)=O)ccc(OC)c3F)c2C1COC. The van der Waals surface area contributed by atoms with Crippen LogP contribution in [0.2, 0.25) is 5.02 Å². The summed E-state index contributed by atoms with van der Waals surface area (Å²) >= 11 is 6.49. The van der Waals surface area contributed by atoms with E-state index in [0.717, 1.165) is 5.56 Å². The molecule has 35 heavy (non-hydrogen) atoms. The first-order valence-corrected chi connectivity index (χ1v) is 11.2. The zero-order chi connectivity index (χ0) is 25.3. The van der Waals surface area contributed by atoms with E-state index in [1.54, 1.807) is 7.05 Å². The number of hydrogen-bond acceptors (Lipinski definition) is 5. The number of halogens is 3. The van der Waals surface area contributed by atoms with Crippen LogP contribution in [0.5, 0.6) is 11.5 Å². The number of primary amides is 1. The summed E-state index contributed by atoms with van der Waals surface area (Å²) in [7, 11) is 4.58. The average Bonchev–Trinajstić information content (AvgIpc) is 3.14. The molecule has 3 N–H and O–H groups in total. The van der Waals surface area contributed by atoms with Gasteiger partial charge in [0.15, 0.2) is 17.2 Å². The fourth-order valence-corrected chi connectivity index (χ4v) is 5.10. The number of rotatable bonds is 8. The van der Waals surface area contributed by atoms with Gasteiger partial charge in [0.25, 0.3) is 0 Å². The van der Waals surface area contributed by atoms with Crippen molar-refractivity contribution in [3.05, 3.63) is 81.9 Å². The van der Waals surface area contributed by atoms with E-state index in [9.17, 15) is 4.79 Å². The zero-order valence-corrected chi connectivity index (χ0v) is 20.2. The average molecular weight is 503 g/mol. The van der Waals surface area contributed by atoms with E-state index in [1.165, 1.54) is 32.4 Å². The lowest BCUT2D eigenvalue weighted by molar-refractivity contribution is 0.0327. The van der Waals surface area contributed by atoms with Gasteiger partial charge in [0.05, 0.1) is 30.2 Å². The van der Waals surface area contributed by atoms with Crippen LogP contribution in [-0.4, -0.2) is 40.3 Å². The van der Waals surface area contributed by atoms with Gasteiger partial charge in [-0.3, -0.25) is 4.79 Å². The van der Waals surface area contributed by atoms with Gasteiger partial charge >= 0.3 is 0 Å². The molecule has 184 valence electrons. The molecule has 6 nitrogen and oxygen atoms in total. The molecule has 1 heterocycles. The van der Waals surface area contributed by atoms with Crippen molar-refractivity contribution in [2.24, 2.45) is 5.73 Å². The second-order valence-electron chi connectivity index (χ2n) is 8.22. The number of methoxy groups -OCH3 is 2. The predicted molar refractivity (Wildman–Crippen MR) is 129 cm³/mol. The van der Waals surface area contributed by atoms with Gasteiger partial charge < -0.3 is 25.3 Å². The fourth-order valence-electron chi connectivity index (χ4n) is 4.85. The smallest absolute Gasteiger partial charge is 0.249 e. The van der Waals surface area contributed by atoms with E-state index in [4.69, 9.17) is 31.5 Å². The zero-order valence-electron chi connectivity index (χ0n) is 19.5. The van der Waals surface area contributed by atoms with Gasteiger partial charge in [-0.1, -0.05) is 41.9 Å². The number of fused-ring (bicyclic) bond motifs is 1. The maximum absolute atomic E-state index is 15.7. The number of carbonyl (C=O) groups excluding carboxylic acids is 1. The highest BCUT2D eigenvalue weighted by atomic mass is 35.5. The van der Waals surface area contributed by atoms with Crippen LogP contribution >= 0.6 is 11.6 Å². The van der Waals surface area contributed by atoms with Gasteiger partial charge in [-0.15, -0.1) is 0 Å². The summed E-state index contributed by atoms with van der Waals surface area (Å²) in [4.78, 5) is 12.3. The van der Waals surface area contributed by atoms with Crippen LogP contribution in [0.1, 0.15) is 27.4 Å². The summed E-state index contributed by atoms with van der Waals surface area (Å²) in [5.41, 5.74) is 5.31. The van der Waals surface area contributed by atoms with E-state index in [-0.39, 0.29) is 39.8 Å². The molecule has 0 aliphatic carbocycles. The second kappa shape index (κ2) is 9.81. The number of likely N-dealkylation sites (N-methyl/N-ethyl adjacent to an activating group) is 1. The highest BCUT2D eigenvalue weighted by Gasteiger charge is 2.52. The molecule has 0 fully saturated rings. The molecule has 0 bridgehead atoms. The number of benzene rings is 3. The van der Waals surface area contributed by atoms with Gasteiger partial charge in [0.2, 0.25) is 5.91 Å². The molecule has 0 aromatic heterocycles. The molecular weight excluding hydrogens is 478 g/mol. The van der Waals surface area contributed by atoms with Crippen LogP contribution in [0.15, 0.2) is 48.5 Å². The van der Waals surface area contributed by atoms with Crippen molar-refractivity contribution in [2.45, 2.75) is 11.5 Å². The molecule has 0 saturated carbocycles. The minimum Gasteiger partial charge on any atom is -0.494 e. The maximum atomic E-state index is 15.7. The summed E-state index contributed by atoms with van der Waals surface area (Å²) in [5.74, 6) is -3.16. The van der Waals surface area contributed by atoms with Crippen molar-refractivity contribution in [2.75, 3.05) is 34.4 Å². The highest BCUT2D eigenvalue weighted by molar-refractivity contribution is 6.34. The van der Waals surface area contributed by atoms with E-state index < -0.39 is 29.1 Å². The van der Waals surface area contributed by atoms with Gasteiger partial charge in [-0.25, -0.2) is 8.78 Å². The molecule has 0 spiro atoms. The van der Waals surface area contributed by atoms with Gasteiger partial charge in [0, 0.05) is 36.4 Å². The number of nitrogens with two attached hydrogens (primary N) is 1. The third-order valence-corrected chi connectivity index (χ3v) is 6.67. The van der Waals surface area contributed by atoms with Crippen molar-refractivity contribution < 1.29 is 27.8 Å². The first-order chi connectivity index (χ1) is 16.8. The summed E-state index contributed by atoms with van der Waals surface area (Å²) in [6.07, 6.45) is 0. The molecule has 1 amide bonds. The van der Waals surface area contributed by atoms with Crippen molar-refractivity contribution >= 4 is 17.5 Å². The third-order valence-electron chi connectivity index (χ3n) is 6.30. The van der Waals surface area contributed by atoms with Gasteiger partial charge in [0.1, 0.15) is 11.6 Å². The molecule has 2 unspecified atom stereocenters. The molecule has 4 rings (SSSR count). The standard InChI is InChI=1S/C26H25ClF2N2O4/c1-31-13-26(14-7-5-4-6-8-14)16(12-33-2)21-19(35-26)11-17(28)23(27)22(21)20-15(25(30)32)9-10-18(34-3)24(20)29/h4-11,16,31H,12-13H2,1-3H3,(H2,30,32). The summed E-state index contributed by atoms with van der Waals surface area (Å²) in [6, 6.07) is 13.2. The molecule has 3 aromatic carbocycles. The van der Waals surface area contributed by atoms with E-state index in [0.29, 0.717) is 12.1 Å². The van der Waals surface area contributed by atoms with Crippen molar-refractivity contribution in [1.29, 1.82) is 0 Å². The lowest BCUT2D eigenvalue weighted by Crippen LogP contribution is -2.45. The Labute approximate surface area is 206 Å². The molecule has 0 radical (unpaired) electrons. The maximum Gasteiger partial charge on any atom is 0.249 e. The Kier molecular flexibility index (Phi) is 6.98. The van der Waals surface area contributed by atoms with Crippen LogP contribution < -0.4 is 20.5 Å². The van der Waals surface area contributed by atoms with Crippen LogP contribution in [0, 0.1) is 11.6 Å². The van der Waals surface area contributed by atoms with Crippen molar-refractivity contribution in [3.8, 4) is 22.6 Å². The van der Waals surface area contributed by atoms with E-state index in [1.807, 2.05) is 30.3 Å². The molecule has 1 aliphatic heterocycles. The number of amides is 1. The van der Waals surface area contributed by atoms with Crippen molar-refractivity contribution in [3.63, 3.8) is 0 Å². The van der Waals surface area contributed by atoms with Gasteiger partial charge in [-0.2, -0.15) is 0 Å². The molecule has 2 atom stereocenters. The lowest BCUT2D eigenvalue weighted by Gasteiger charge is -2.35. The molecular formula is C26H25ClF2N2O4. The van der Waals surface area contributed by atoms with Crippen LogP contribution in [0.4, 0.5) is 8.78 Å². The minimum absolute atomic E-state index is 0.0252. The van der Waals surface area contributed by atoms with Crippen molar-refractivity contribution in [1.82, 2.24) is 5.32 Å². The first-order valence-electron chi connectivity index (χ1n) is 10.9. The normalized spacial score (nSPS) is 18.7. The monoisotopic (exact) mass is 502 g/mol. The van der Waals surface area contributed by atoms with Crippen LogP contribution in [0.25, 0.3) is 11.1 Å². The first kappa shape index (κ1) is 24.9. The van der Waals surface area contributed by atoms with Crippen LogP contribution in [0.3, 0.4) is 0 Å². The lowest BCUT2D eigenvalue weighted by atomic mass is 9.76. The second-order valence-corrected chi connectivity index (χ2v) is 8.60. The van der Waals surface area contributed by atoms with E-state index in [2.05, 4.69) is 5.32 Å². The molecule has 3 aromatic rings. The quantitative estimate of drug-likeness (QED) is 0.469. The number of nitrogens with one attached hydrogen (secondary N) is 1. The Bertz CT molecular complexity index is 1270. The topological polar surface area (TPSA) is 82.8 Å². The Hall–Kier alpha value is -3.20. The Morgan fingerprint density at radius 1 is 1.17 bits per heavy atom. The predicted octanol–water partition coefficient (Wildman–Crippen LogP) is 4.63. The largest absolute Gasteiger partial charge is 0.494 e. The summed E-state index contributed by atoms with van der Waals surface area (Å²) < 4.78 is 48.1. The van der Waals surface area contributed by atoms with Crippen LogP contribution in [-0.2, 0) is 10.3 Å². The number of carbonyl (C=O) groups is 1. The summed E-state index contributed by atoms with van der Waals surface area (Å²) in [6.45, 7) is 0.456. The van der Waals surface area contributed by atoms with E-state index >= 15 is 8.78 Å². The minimum atomic E-state index is -1.04.